The monoisotopic (exact) mass is 449 g/mol. The second-order valence-electron chi connectivity index (χ2n) is 7.38. The van der Waals surface area contributed by atoms with Crippen LogP contribution < -0.4 is 4.74 Å². The standard InChI is InChI=1S/C23H23N5O3S/c1-29-17-6-4-5-16(13-17)22-26-21(31-27-22)15-32-23-18-7-2-3-8-19(18)24-20(25-23)14-28-9-11-30-12-10-28/h2-8,13H,9-12,14-15H2,1H3. The van der Waals surface area contributed by atoms with Crippen LogP contribution in [0.5, 0.6) is 5.75 Å². The summed E-state index contributed by atoms with van der Waals surface area (Å²) in [6.07, 6.45) is 0. The van der Waals surface area contributed by atoms with Crippen LogP contribution in [-0.4, -0.2) is 58.4 Å². The van der Waals surface area contributed by atoms with Gasteiger partial charge in [0.25, 0.3) is 0 Å². The Labute approximate surface area is 190 Å². The van der Waals surface area contributed by atoms with Gasteiger partial charge in [0, 0.05) is 24.0 Å². The average molecular weight is 450 g/mol. The van der Waals surface area contributed by atoms with Gasteiger partial charge in [-0.25, -0.2) is 9.97 Å². The molecule has 1 aliphatic heterocycles. The molecule has 5 rings (SSSR count). The number of thioether (sulfide) groups is 1. The Hall–Kier alpha value is -3.01. The second kappa shape index (κ2) is 9.64. The molecule has 0 saturated carbocycles. The number of methoxy groups -OCH3 is 1. The van der Waals surface area contributed by atoms with E-state index in [0.29, 0.717) is 24.0 Å². The maximum atomic E-state index is 5.49. The number of rotatable bonds is 7. The van der Waals surface area contributed by atoms with Crippen LogP contribution >= 0.6 is 11.8 Å². The Morgan fingerprint density at radius 2 is 1.91 bits per heavy atom. The van der Waals surface area contributed by atoms with Crippen molar-refractivity contribution >= 4 is 22.7 Å². The molecule has 2 aromatic heterocycles. The van der Waals surface area contributed by atoms with E-state index in [0.717, 1.165) is 59.4 Å². The first-order valence-corrected chi connectivity index (χ1v) is 11.4. The highest BCUT2D eigenvalue weighted by Crippen LogP contribution is 2.29. The van der Waals surface area contributed by atoms with Crippen molar-refractivity contribution < 1.29 is 14.0 Å². The first-order chi connectivity index (χ1) is 15.8. The van der Waals surface area contributed by atoms with Crippen molar-refractivity contribution in [3.63, 3.8) is 0 Å². The van der Waals surface area contributed by atoms with E-state index in [4.69, 9.17) is 24.0 Å². The number of aromatic nitrogens is 4. The van der Waals surface area contributed by atoms with Crippen LogP contribution in [0, 0.1) is 0 Å². The highest BCUT2D eigenvalue weighted by molar-refractivity contribution is 7.98. The second-order valence-corrected chi connectivity index (χ2v) is 8.35. The lowest BCUT2D eigenvalue weighted by Crippen LogP contribution is -2.36. The zero-order valence-electron chi connectivity index (χ0n) is 17.7. The molecular formula is C23H23N5O3S. The number of hydrogen-bond donors (Lipinski definition) is 0. The molecule has 0 aliphatic carbocycles. The van der Waals surface area contributed by atoms with Gasteiger partial charge in [0.1, 0.15) is 16.6 Å². The van der Waals surface area contributed by atoms with E-state index in [1.165, 1.54) is 0 Å². The topological polar surface area (TPSA) is 86.4 Å². The first kappa shape index (κ1) is 20.9. The van der Waals surface area contributed by atoms with Gasteiger partial charge >= 0.3 is 0 Å². The molecule has 0 radical (unpaired) electrons. The van der Waals surface area contributed by atoms with E-state index < -0.39 is 0 Å². The van der Waals surface area contributed by atoms with Gasteiger partial charge in [-0.05, 0) is 18.2 Å². The van der Waals surface area contributed by atoms with Crippen molar-refractivity contribution in [2.24, 2.45) is 0 Å². The normalized spacial score (nSPS) is 14.7. The predicted molar refractivity (Wildman–Crippen MR) is 121 cm³/mol. The fraction of sp³-hybridized carbons (Fsp3) is 0.304. The molecule has 4 aromatic rings. The summed E-state index contributed by atoms with van der Waals surface area (Å²) in [5.74, 6) is 3.18. The molecule has 164 valence electrons. The van der Waals surface area contributed by atoms with Crippen LogP contribution in [0.15, 0.2) is 58.1 Å². The number of ether oxygens (including phenoxy) is 2. The minimum absolute atomic E-state index is 0.523. The van der Waals surface area contributed by atoms with Gasteiger partial charge in [-0.3, -0.25) is 4.90 Å². The summed E-state index contributed by atoms with van der Waals surface area (Å²) < 4.78 is 16.2. The molecule has 0 bridgehead atoms. The Morgan fingerprint density at radius 1 is 1.03 bits per heavy atom. The van der Waals surface area contributed by atoms with Crippen molar-refractivity contribution in [2.75, 3.05) is 33.4 Å². The van der Waals surface area contributed by atoms with E-state index in [1.54, 1.807) is 18.9 Å². The molecular weight excluding hydrogens is 426 g/mol. The molecule has 0 atom stereocenters. The molecule has 0 amide bonds. The number of fused-ring (bicyclic) bond motifs is 1. The van der Waals surface area contributed by atoms with E-state index in [2.05, 4.69) is 15.0 Å². The van der Waals surface area contributed by atoms with Crippen molar-refractivity contribution in [1.29, 1.82) is 0 Å². The molecule has 8 nitrogen and oxygen atoms in total. The highest BCUT2D eigenvalue weighted by Gasteiger charge is 2.16. The van der Waals surface area contributed by atoms with Gasteiger partial charge in [-0.15, -0.1) is 0 Å². The minimum atomic E-state index is 0.523. The van der Waals surface area contributed by atoms with Crippen molar-refractivity contribution in [3.8, 4) is 17.1 Å². The Bertz CT molecular complexity index is 1210. The zero-order chi connectivity index (χ0) is 21.8. The van der Waals surface area contributed by atoms with Crippen LogP contribution in [0.25, 0.3) is 22.3 Å². The summed E-state index contributed by atoms with van der Waals surface area (Å²) in [4.78, 5) is 16.5. The van der Waals surface area contributed by atoms with Crippen molar-refractivity contribution in [1.82, 2.24) is 25.0 Å². The fourth-order valence-electron chi connectivity index (χ4n) is 3.56. The van der Waals surface area contributed by atoms with Gasteiger partial charge < -0.3 is 14.0 Å². The molecule has 1 aliphatic rings. The van der Waals surface area contributed by atoms with Crippen LogP contribution in [0.4, 0.5) is 0 Å². The number of nitrogens with zero attached hydrogens (tertiary/aromatic N) is 5. The SMILES string of the molecule is COc1cccc(-c2noc(CSc3nc(CN4CCOCC4)nc4ccccc34)n2)c1. The zero-order valence-corrected chi connectivity index (χ0v) is 18.5. The lowest BCUT2D eigenvalue weighted by molar-refractivity contribution is 0.0330. The predicted octanol–water partition coefficient (Wildman–Crippen LogP) is 3.81. The molecule has 9 heteroatoms. The summed E-state index contributed by atoms with van der Waals surface area (Å²) in [6, 6.07) is 15.7. The third kappa shape index (κ3) is 4.74. The largest absolute Gasteiger partial charge is 0.497 e. The summed E-state index contributed by atoms with van der Waals surface area (Å²) in [5.41, 5.74) is 1.79. The lowest BCUT2D eigenvalue weighted by Gasteiger charge is -2.25. The minimum Gasteiger partial charge on any atom is -0.497 e. The highest BCUT2D eigenvalue weighted by atomic mass is 32.2. The Morgan fingerprint density at radius 3 is 2.78 bits per heavy atom. The quantitative estimate of drug-likeness (QED) is 0.309. The summed E-state index contributed by atoms with van der Waals surface area (Å²) in [7, 11) is 1.64. The number of hydrogen-bond acceptors (Lipinski definition) is 9. The number of para-hydroxylation sites is 1. The van der Waals surface area contributed by atoms with Crippen LogP contribution in [0.1, 0.15) is 11.7 Å². The lowest BCUT2D eigenvalue weighted by atomic mass is 10.2. The molecule has 0 unspecified atom stereocenters. The van der Waals surface area contributed by atoms with Crippen LogP contribution in [-0.2, 0) is 17.0 Å². The Balaban J connectivity index is 1.35. The fourth-order valence-corrected chi connectivity index (χ4v) is 4.43. The summed E-state index contributed by atoms with van der Waals surface area (Å²) >= 11 is 1.58. The molecule has 1 saturated heterocycles. The molecule has 2 aromatic carbocycles. The molecule has 1 fully saturated rings. The van der Waals surface area contributed by atoms with Crippen molar-refractivity contribution in [2.45, 2.75) is 17.3 Å². The van der Waals surface area contributed by atoms with E-state index in [-0.39, 0.29) is 0 Å². The first-order valence-electron chi connectivity index (χ1n) is 10.4. The molecule has 0 N–H and O–H groups in total. The number of morpholine rings is 1. The third-order valence-electron chi connectivity index (χ3n) is 5.21. The van der Waals surface area contributed by atoms with Crippen LogP contribution in [0.3, 0.4) is 0 Å². The molecule has 0 spiro atoms. The summed E-state index contributed by atoms with van der Waals surface area (Å²) in [5, 5.41) is 6.07. The van der Waals surface area contributed by atoms with E-state index in [9.17, 15) is 0 Å². The van der Waals surface area contributed by atoms with Gasteiger partial charge in [0.15, 0.2) is 0 Å². The molecule has 3 heterocycles. The van der Waals surface area contributed by atoms with Gasteiger partial charge in [-0.2, -0.15) is 4.98 Å². The van der Waals surface area contributed by atoms with Gasteiger partial charge in [0.05, 0.1) is 38.1 Å². The van der Waals surface area contributed by atoms with E-state index >= 15 is 0 Å². The maximum Gasteiger partial charge on any atom is 0.237 e. The van der Waals surface area contributed by atoms with Gasteiger partial charge in [-0.1, -0.05) is 47.3 Å². The van der Waals surface area contributed by atoms with Crippen LogP contribution in [0.2, 0.25) is 0 Å². The van der Waals surface area contributed by atoms with Gasteiger partial charge in [0.2, 0.25) is 11.7 Å². The Kier molecular flexibility index (Phi) is 6.29. The summed E-state index contributed by atoms with van der Waals surface area (Å²) in [6.45, 7) is 4.01. The average Bonchev–Trinajstić information content (AvgIpc) is 3.32. The smallest absolute Gasteiger partial charge is 0.237 e. The van der Waals surface area contributed by atoms with Crippen molar-refractivity contribution in [3.05, 3.63) is 60.2 Å². The maximum absolute atomic E-state index is 5.49. The van der Waals surface area contributed by atoms with E-state index in [1.807, 2.05) is 48.5 Å². The third-order valence-corrected chi connectivity index (χ3v) is 6.19. The molecule has 32 heavy (non-hydrogen) atoms. The number of benzene rings is 2.